The fraction of sp³-hybridized carbons (Fsp3) is 0.143. The number of rotatable bonds is 3. The van der Waals surface area contributed by atoms with Gasteiger partial charge in [-0.25, -0.2) is 8.78 Å². The molecular formula is C14H14F2N2. The summed E-state index contributed by atoms with van der Waals surface area (Å²) in [5.41, 5.74) is 7.10. The molecule has 0 heterocycles. The third kappa shape index (κ3) is 2.77. The molecule has 2 N–H and O–H groups in total. The summed E-state index contributed by atoms with van der Waals surface area (Å²) in [7, 11) is 1.75. The van der Waals surface area contributed by atoms with E-state index in [-0.39, 0.29) is 11.6 Å². The fourth-order valence-corrected chi connectivity index (χ4v) is 1.83. The van der Waals surface area contributed by atoms with Crippen molar-refractivity contribution in [1.29, 1.82) is 0 Å². The minimum atomic E-state index is -0.381. The standard InChI is InChI=1S/C14H14F2N2/c1-18(9-10-3-2-4-11(15)7-10)14-6-5-12(17)8-13(14)16/h2-8H,9,17H2,1H3. The van der Waals surface area contributed by atoms with Crippen molar-refractivity contribution in [1.82, 2.24) is 0 Å². The smallest absolute Gasteiger partial charge is 0.148 e. The molecule has 0 aromatic heterocycles. The maximum atomic E-state index is 13.7. The molecule has 2 rings (SSSR count). The molecule has 0 saturated carbocycles. The molecule has 4 heteroatoms. The Labute approximate surface area is 105 Å². The van der Waals surface area contributed by atoms with Crippen LogP contribution in [-0.4, -0.2) is 7.05 Å². The number of nitrogens with two attached hydrogens (primary N) is 1. The van der Waals surface area contributed by atoms with Crippen LogP contribution >= 0.6 is 0 Å². The number of nitrogens with zero attached hydrogens (tertiary/aromatic N) is 1. The number of hydrogen-bond donors (Lipinski definition) is 1. The highest BCUT2D eigenvalue weighted by Crippen LogP contribution is 2.22. The Morgan fingerprint density at radius 3 is 2.56 bits per heavy atom. The largest absolute Gasteiger partial charge is 0.399 e. The lowest BCUT2D eigenvalue weighted by Crippen LogP contribution is -2.17. The fourth-order valence-electron chi connectivity index (χ4n) is 1.83. The van der Waals surface area contributed by atoms with Crippen LogP contribution in [0.4, 0.5) is 20.2 Å². The van der Waals surface area contributed by atoms with Crippen LogP contribution in [0, 0.1) is 11.6 Å². The first-order valence-electron chi connectivity index (χ1n) is 5.57. The summed E-state index contributed by atoms with van der Waals surface area (Å²) in [6.45, 7) is 0.429. The summed E-state index contributed by atoms with van der Waals surface area (Å²) in [4.78, 5) is 1.71. The van der Waals surface area contributed by atoms with Gasteiger partial charge in [-0.3, -0.25) is 0 Å². The molecule has 0 aliphatic rings. The second kappa shape index (κ2) is 5.04. The Morgan fingerprint density at radius 1 is 1.11 bits per heavy atom. The topological polar surface area (TPSA) is 29.3 Å². The average molecular weight is 248 g/mol. The number of nitrogen functional groups attached to an aromatic ring is 1. The van der Waals surface area contributed by atoms with E-state index in [1.807, 2.05) is 0 Å². The number of anilines is 2. The van der Waals surface area contributed by atoms with E-state index < -0.39 is 0 Å². The van der Waals surface area contributed by atoms with E-state index in [0.29, 0.717) is 17.9 Å². The molecular weight excluding hydrogens is 234 g/mol. The van der Waals surface area contributed by atoms with E-state index in [1.165, 1.54) is 18.2 Å². The monoisotopic (exact) mass is 248 g/mol. The van der Waals surface area contributed by atoms with Gasteiger partial charge in [0.2, 0.25) is 0 Å². The Bertz CT molecular complexity index is 555. The minimum absolute atomic E-state index is 0.293. The van der Waals surface area contributed by atoms with E-state index in [1.54, 1.807) is 36.2 Å². The van der Waals surface area contributed by atoms with Gasteiger partial charge in [-0.1, -0.05) is 12.1 Å². The summed E-state index contributed by atoms with van der Waals surface area (Å²) < 4.78 is 26.7. The van der Waals surface area contributed by atoms with Gasteiger partial charge in [-0.2, -0.15) is 0 Å². The van der Waals surface area contributed by atoms with E-state index in [2.05, 4.69) is 0 Å². The Kier molecular flexibility index (Phi) is 3.46. The lowest BCUT2D eigenvalue weighted by Gasteiger charge is -2.20. The molecule has 0 spiro atoms. The minimum Gasteiger partial charge on any atom is -0.399 e. The lowest BCUT2D eigenvalue weighted by molar-refractivity contribution is 0.619. The Hall–Kier alpha value is -2.10. The molecule has 0 radical (unpaired) electrons. The van der Waals surface area contributed by atoms with Crippen LogP contribution in [0.3, 0.4) is 0 Å². The highest BCUT2D eigenvalue weighted by Gasteiger charge is 2.08. The number of halogens is 2. The predicted molar refractivity (Wildman–Crippen MR) is 69.3 cm³/mol. The second-order valence-electron chi connectivity index (χ2n) is 4.20. The summed E-state index contributed by atoms with van der Waals surface area (Å²) in [6, 6.07) is 10.8. The van der Waals surface area contributed by atoms with Crippen molar-refractivity contribution in [2.75, 3.05) is 17.7 Å². The summed E-state index contributed by atoms with van der Waals surface area (Å²) in [5, 5.41) is 0. The Balaban J connectivity index is 2.19. The van der Waals surface area contributed by atoms with Crippen LogP contribution in [-0.2, 0) is 6.54 Å². The predicted octanol–water partition coefficient (Wildman–Crippen LogP) is 3.18. The zero-order chi connectivity index (χ0) is 13.1. The molecule has 18 heavy (non-hydrogen) atoms. The van der Waals surface area contributed by atoms with Crippen LogP contribution < -0.4 is 10.6 Å². The van der Waals surface area contributed by atoms with Crippen molar-refractivity contribution in [3.05, 3.63) is 59.7 Å². The zero-order valence-electron chi connectivity index (χ0n) is 10.0. The van der Waals surface area contributed by atoms with Crippen molar-refractivity contribution in [2.45, 2.75) is 6.54 Å². The van der Waals surface area contributed by atoms with Crippen LogP contribution in [0.25, 0.3) is 0 Å². The van der Waals surface area contributed by atoms with Crippen LogP contribution in [0.2, 0.25) is 0 Å². The molecule has 0 bridgehead atoms. The van der Waals surface area contributed by atoms with Gasteiger partial charge in [0.25, 0.3) is 0 Å². The van der Waals surface area contributed by atoms with Crippen molar-refractivity contribution >= 4 is 11.4 Å². The van der Waals surface area contributed by atoms with Gasteiger partial charge >= 0.3 is 0 Å². The molecule has 0 atom stereocenters. The first kappa shape index (κ1) is 12.4. The maximum Gasteiger partial charge on any atom is 0.148 e. The first-order chi connectivity index (χ1) is 8.56. The van der Waals surface area contributed by atoms with E-state index in [4.69, 9.17) is 5.73 Å². The van der Waals surface area contributed by atoms with Crippen molar-refractivity contribution in [3.63, 3.8) is 0 Å². The van der Waals surface area contributed by atoms with Gasteiger partial charge in [0.1, 0.15) is 11.6 Å². The molecule has 2 aromatic carbocycles. The van der Waals surface area contributed by atoms with Crippen LogP contribution in [0.5, 0.6) is 0 Å². The SMILES string of the molecule is CN(Cc1cccc(F)c1)c1ccc(N)cc1F. The summed E-state index contributed by atoms with van der Waals surface area (Å²) in [6.07, 6.45) is 0. The van der Waals surface area contributed by atoms with Crippen molar-refractivity contribution in [2.24, 2.45) is 0 Å². The van der Waals surface area contributed by atoms with Crippen LogP contribution in [0.1, 0.15) is 5.56 Å². The van der Waals surface area contributed by atoms with E-state index in [0.717, 1.165) is 5.56 Å². The normalized spacial score (nSPS) is 10.4. The quantitative estimate of drug-likeness (QED) is 0.845. The zero-order valence-corrected chi connectivity index (χ0v) is 10.0. The molecule has 0 aliphatic carbocycles. The molecule has 0 saturated heterocycles. The van der Waals surface area contributed by atoms with Gasteiger partial charge in [-0.05, 0) is 35.9 Å². The van der Waals surface area contributed by atoms with E-state index in [9.17, 15) is 8.78 Å². The molecule has 94 valence electrons. The molecule has 2 aromatic rings. The van der Waals surface area contributed by atoms with Gasteiger partial charge < -0.3 is 10.6 Å². The van der Waals surface area contributed by atoms with Gasteiger partial charge in [0, 0.05) is 19.3 Å². The highest BCUT2D eigenvalue weighted by molar-refractivity contribution is 5.54. The van der Waals surface area contributed by atoms with Gasteiger partial charge in [0.05, 0.1) is 5.69 Å². The summed E-state index contributed by atoms with van der Waals surface area (Å²) in [5.74, 6) is -0.674. The molecule has 2 nitrogen and oxygen atoms in total. The van der Waals surface area contributed by atoms with Crippen molar-refractivity contribution < 1.29 is 8.78 Å². The third-order valence-corrected chi connectivity index (χ3v) is 2.69. The Morgan fingerprint density at radius 2 is 1.89 bits per heavy atom. The van der Waals surface area contributed by atoms with Gasteiger partial charge in [0.15, 0.2) is 0 Å². The first-order valence-corrected chi connectivity index (χ1v) is 5.57. The summed E-state index contributed by atoms with van der Waals surface area (Å²) >= 11 is 0. The molecule has 0 unspecified atom stereocenters. The highest BCUT2D eigenvalue weighted by atomic mass is 19.1. The van der Waals surface area contributed by atoms with Crippen molar-refractivity contribution in [3.8, 4) is 0 Å². The second-order valence-corrected chi connectivity index (χ2v) is 4.20. The van der Waals surface area contributed by atoms with E-state index >= 15 is 0 Å². The molecule has 0 aliphatic heterocycles. The van der Waals surface area contributed by atoms with Gasteiger partial charge in [-0.15, -0.1) is 0 Å². The number of hydrogen-bond acceptors (Lipinski definition) is 2. The maximum absolute atomic E-state index is 13.7. The average Bonchev–Trinajstić information content (AvgIpc) is 2.28. The number of benzene rings is 2. The lowest BCUT2D eigenvalue weighted by atomic mass is 10.2. The van der Waals surface area contributed by atoms with Crippen LogP contribution in [0.15, 0.2) is 42.5 Å². The molecule has 0 fully saturated rings. The molecule has 0 amide bonds. The third-order valence-electron chi connectivity index (χ3n) is 2.69.